The van der Waals surface area contributed by atoms with E-state index in [1.54, 1.807) is 38.4 Å². The molecule has 10 heteroatoms. The minimum absolute atomic E-state index is 0.0820. The molecule has 0 aliphatic heterocycles. The smallest absolute Gasteiger partial charge is 0.339 e. The average molecular weight is 476 g/mol. The molecule has 0 saturated carbocycles. The molecule has 0 saturated heterocycles. The topological polar surface area (TPSA) is 119 Å². The number of hydrogen-bond acceptors (Lipinski definition) is 7. The van der Waals surface area contributed by atoms with E-state index in [9.17, 15) is 19.2 Å². The monoisotopic (exact) mass is 475 g/mol. The van der Waals surface area contributed by atoms with E-state index in [2.05, 4.69) is 5.32 Å². The fourth-order valence-corrected chi connectivity index (χ4v) is 5.65. The van der Waals surface area contributed by atoms with Crippen LogP contribution in [0.25, 0.3) is 0 Å². The quantitative estimate of drug-likeness (QED) is 0.448. The third kappa shape index (κ3) is 5.68. The molecular formula is C22H25N3O5S2. The molecule has 0 radical (unpaired) electrons. The number of ether oxygens (including phenoxy) is 1. The first-order valence-electron chi connectivity index (χ1n) is 10.1. The molecule has 0 fully saturated rings. The van der Waals surface area contributed by atoms with E-state index in [1.165, 1.54) is 28.0 Å². The lowest BCUT2D eigenvalue weighted by Gasteiger charge is -2.12. The maximum Gasteiger partial charge on any atom is 0.339 e. The maximum absolute atomic E-state index is 12.6. The van der Waals surface area contributed by atoms with Crippen LogP contribution in [0, 0.1) is 0 Å². The Morgan fingerprint density at radius 2 is 1.88 bits per heavy atom. The third-order valence-corrected chi connectivity index (χ3v) is 7.23. The summed E-state index contributed by atoms with van der Waals surface area (Å²) in [5, 5.41) is 3.08. The zero-order valence-corrected chi connectivity index (χ0v) is 19.6. The van der Waals surface area contributed by atoms with Gasteiger partial charge in [-0.25, -0.2) is 4.79 Å². The van der Waals surface area contributed by atoms with Crippen molar-refractivity contribution in [1.29, 1.82) is 0 Å². The van der Waals surface area contributed by atoms with Crippen molar-refractivity contribution in [3.63, 3.8) is 0 Å². The SMILES string of the molecule is CN(C)C(=O)CSc1ccccc1C(=O)OCC(=O)Nc1sc2c(c1C(N)=O)CCCC2. The minimum Gasteiger partial charge on any atom is -0.452 e. The summed E-state index contributed by atoms with van der Waals surface area (Å²) < 4.78 is 5.19. The van der Waals surface area contributed by atoms with Crippen LogP contribution in [0.15, 0.2) is 29.2 Å². The number of esters is 1. The second kappa shape index (κ2) is 10.6. The van der Waals surface area contributed by atoms with Gasteiger partial charge in [0, 0.05) is 23.9 Å². The van der Waals surface area contributed by atoms with Crippen molar-refractivity contribution in [2.24, 2.45) is 5.73 Å². The molecule has 0 spiro atoms. The van der Waals surface area contributed by atoms with Crippen LogP contribution in [0.1, 0.15) is 44.0 Å². The van der Waals surface area contributed by atoms with Gasteiger partial charge < -0.3 is 20.7 Å². The van der Waals surface area contributed by atoms with Gasteiger partial charge in [-0.1, -0.05) is 12.1 Å². The van der Waals surface area contributed by atoms with Gasteiger partial charge in [-0.3, -0.25) is 14.4 Å². The van der Waals surface area contributed by atoms with Crippen LogP contribution in [0.4, 0.5) is 5.00 Å². The Hall–Kier alpha value is -2.85. The first-order valence-corrected chi connectivity index (χ1v) is 11.9. The number of carbonyl (C=O) groups is 4. The molecule has 1 aromatic carbocycles. The Kier molecular flexibility index (Phi) is 7.92. The van der Waals surface area contributed by atoms with Gasteiger partial charge in [-0.15, -0.1) is 23.1 Å². The largest absolute Gasteiger partial charge is 0.452 e. The lowest BCUT2D eigenvalue weighted by atomic mass is 9.95. The van der Waals surface area contributed by atoms with Crippen LogP contribution < -0.4 is 11.1 Å². The van der Waals surface area contributed by atoms with Crippen LogP contribution in [0.3, 0.4) is 0 Å². The molecule has 1 aliphatic rings. The Morgan fingerprint density at radius 3 is 2.59 bits per heavy atom. The highest BCUT2D eigenvalue weighted by Gasteiger charge is 2.25. The first kappa shape index (κ1) is 23.8. The van der Waals surface area contributed by atoms with Gasteiger partial charge in [0.15, 0.2) is 6.61 Å². The van der Waals surface area contributed by atoms with Crippen molar-refractivity contribution < 1.29 is 23.9 Å². The lowest BCUT2D eigenvalue weighted by Crippen LogP contribution is -2.24. The number of primary amides is 1. The van der Waals surface area contributed by atoms with Crippen molar-refractivity contribution in [2.75, 3.05) is 31.8 Å². The van der Waals surface area contributed by atoms with Gasteiger partial charge in [-0.05, 0) is 43.4 Å². The van der Waals surface area contributed by atoms with Crippen LogP contribution in [-0.2, 0) is 27.2 Å². The summed E-state index contributed by atoms with van der Waals surface area (Å²) >= 11 is 2.58. The van der Waals surface area contributed by atoms with E-state index in [-0.39, 0.29) is 17.2 Å². The highest BCUT2D eigenvalue weighted by molar-refractivity contribution is 8.00. The van der Waals surface area contributed by atoms with Crippen LogP contribution in [-0.4, -0.2) is 55.0 Å². The van der Waals surface area contributed by atoms with Gasteiger partial charge in [0.2, 0.25) is 5.91 Å². The number of carbonyl (C=O) groups excluding carboxylic acids is 4. The highest BCUT2D eigenvalue weighted by Crippen LogP contribution is 2.37. The Labute approximate surface area is 194 Å². The van der Waals surface area contributed by atoms with E-state index in [4.69, 9.17) is 10.5 Å². The number of thioether (sulfide) groups is 1. The van der Waals surface area contributed by atoms with Crippen molar-refractivity contribution in [2.45, 2.75) is 30.6 Å². The fraction of sp³-hybridized carbons (Fsp3) is 0.364. The second-order valence-corrected chi connectivity index (χ2v) is 9.60. The zero-order valence-electron chi connectivity index (χ0n) is 17.9. The van der Waals surface area contributed by atoms with E-state index in [1.807, 2.05) is 0 Å². The predicted octanol–water partition coefficient (Wildman–Crippen LogP) is 2.70. The number of nitrogens with zero attached hydrogens (tertiary/aromatic N) is 1. The normalized spacial score (nSPS) is 12.6. The van der Waals surface area contributed by atoms with Crippen LogP contribution in [0.5, 0.6) is 0 Å². The molecule has 1 aromatic heterocycles. The van der Waals surface area contributed by atoms with Gasteiger partial charge in [0.05, 0.1) is 16.9 Å². The molecule has 0 bridgehead atoms. The molecule has 170 valence electrons. The molecule has 3 N–H and O–H groups in total. The van der Waals surface area contributed by atoms with Gasteiger partial charge in [0.25, 0.3) is 11.8 Å². The molecule has 0 unspecified atom stereocenters. The number of aryl methyl sites for hydroxylation is 1. The first-order chi connectivity index (χ1) is 15.3. The van der Waals surface area contributed by atoms with Crippen molar-refractivity contribution in [1.82, 2.24) is 4.90 Å². The minimum atomic E-state index is -0.666. The summed E-state index contributed by atoms with van der Waals surface area (Å²) in [6, 6.07) is 6.75. The van der Waals surface area contributed by atoms with E-state index < -0.39 is 24.4 Å². The van der Waals surface area contributed by atoms with Crippen LogP contribution in [0.2, 0.25) is 0 Å². The van der Waals surface area contributed by atoms with Crippen molar-refractivity contribution in [3.8, 4) is 0 Å². The standard InChI is InChI=1S/C22H25N3O5S2/c1-25(2)18(27)12-31-15-9-5-4-8-14(15)22(29)30-11-17(26)24-21-19(20(23)28)13-7-3-6-10-16(13)32-21/h4-5,8-9H,3,6-7,10-12H2,1-2H3,(H2,23,28)(H,24,26). The molecule has 2 aromatic rings. The molecular weight excluding hydrogens is 450 g/mol. The number of amides is 3. The summed E-state index contributed by atoms with van der Waals surface area (Å²) in [5.41, 5.74) is 7.10. The fourth-order valence-electron chi connectivity index (χ4n) is 3.32. The maximum atomic E-state index is 12.6. The second-order valence-electron chi connectivity index (χ2n) is 7.48. The molecule has 0 atom stereocenters. The number of thiophene rings is 1. The summed E-state index contributed by atoms with van der Waals surface area (Å²) in [7, 11) is 3.32. The van der Waals surface area contributed by atoms with Gasteiger partial charge in [0.1, 0.15) is 5.00 Å². The Bertz CT molecular complexity index is 1050. The number of benzene rings is 1. The number of rotatable bonds is 8. The van der Waals surface area contributed by atoms with E-state index in [0.717, 1.165) is 36.1 Å². The summed E-state index contributed by atoms with van der Waals surface area (Å²) in [5.74, 6) is -1.69. The Balaban J connectivity index is 1.63. The Morgan fingerprint density at radius 1 is 1.16 bits per heavy atom. The molecule has 32 heavy (non-hydrogen) atoms. The van der Waals surface area contributed by atoms with E-state index in [0.29, 0.717) is 15.5 Å². The van der Waals surface area contributed by atoms with E-state index >= 15 is 0 Å². The highest BCUT2D eigenvalue weighted by atomic mass is 32.2. The number of fused-ring (bicyclic) bond motifs is 1. The molecule has 1 aliphatic carbocycles. The van der Waals surface area contributed by atoms with Crippen molar-refractivity contribution >= 4 is 51.8 Å². The molecule has 3 amide bonds. The summed E-state index contributed by atoms with van der Waals surface area (Å²) in [6.07, 6.45) is 3.64. The average Bonchev–Trinajstić information content (AvgIpc) is 3.13. The number of anilines is 1. The molecule has 1 heterocycles. The van der Waals surface area contributed by atoms with Gasteiger partial charge in [-0.2, -0.15) is 0 Å². The summed E-state index contributed by atoms with van der Waals surface area (Å²) in [4.78, 5) is 51.9. The third-order valence-electron chi connectivity index (χ3n) is 4.96. The van der Waals surface area contributed by atoms with Gasteiger partial charge >= 0.3 is 5.97 Å². The van der Waals surface area contributed by atoms with Crippen LogP contribution >= 0.6 is 23.1 Å². The number of hydrogen-bond donors (Lipinski definition) is 2. The zero-order chi connectivity index (χ0) is 23.3. The predicted molar refractivity (Wildman–Crippen MR) is 124 cm³/mol. The number of nitrogens with two attached hydrogens (primary N) is 1. The molecule has 8 nitrogen and oxygen atoms in total. The van der Waals surface area contributed by atoms with Crippen molar-refractivity contribution in [3.05, 3.63) is 45.8 Å². The molecule has 3 rings (SSSR count). The summed E-state index contributed by atoms with van der Waals surface area (Å²) in [6.45, 7) is -0.505. The number of nitrogens with one attached hydrogen (secondary N) is 1. The lowest BCUT2D eigenvalue weighted by molar-refractivity contribution is -0.125.